The van der Waals surface area contributed by atoms with E-state index in [0.29, 0.717) is 29.5 Å². The van der Waals surface area contributed by atoms with Crippen LogP contribution in [-0.4, -0.2) is 47.8 Å². The molecule has 0 spiro atoms. The molecule has 8 heteroatoms. The zero-order valence-corrected chi connectivity index (χ0v) is 22.8. The molecule has 3 atom stereocenters. The number of para-hydroxylation sites is 1. The number of hydrogen-bond acceptors (Lipinski definition) is 6. The monoisotopic (exact) mass is 535 g/mol. The first-order valence-electron chi connectivity index (χ1n) is 13.2. The van der Waals surface area contributed by atoms with E-state index in [0.717, 1.165) is 17.4 Å². The molecule has 3 aromatic rings. The minimum atomic E-state index is -1.42. The van der Waals surface area contributed by atoms with E-state index < -0.39 is 23.7 Å². The molecule has 39 heavy (non-hydrogen) atoms. The molecule has 1 aromatic heterocycles. The van der Waals surface area contributed by atoms with Crippen LogP contribution in [0.1, 0.15) is 70.5 Å². The molecule has 5 N–H and O–H groups in total. The van der Waals surface area contributed by atoms with Crippen LogP contribution < -0.4 is 4.74 Å². The zero-order chi connectivity index (χ0) is 28.5. The summed E-state index contributed by atoms with van der Waals surface area (Å²) in [4.78, 5) is 12.3. The van der Waals surface area contributed by atoms with Crippen molar-refractivity contribution in [3.63, 3.8) is 0 Å². The van der Waals surface area contributed by atoms with Crippen molar-refractivity contribution in [1.82, 2.24) is 4.57 Å². The molecule has 0 radical (unpaired) electrons. The maximum atomic E-state index is 12.3. The normalized spacial score (nSPS) is 19.8. The van der Waals surface area contributed by atoms with Gasteiger partial charge in [0.1, 0.15) is 22.8 Å². The van der Waals surface area contributed by atoms with Crippen molar-refractivity contribution in [2.45, 2.75) is 77.5 Å². The van der Waals surface area contributed by atoms with Crippen LogP contribution in [0, 0.1) is 0 Å². The fourth-order valence-corrected chi connectivity index (χ4v) is 5.21. The number of rotatable bonds is 9. The molecule has 2 heterocycles. The number of hydrogen-bond donors (Lipinski definition) is 5. The quantitative estimate of drug-likeness (QED) is 0.214. The van der Waals surface area contributed by atoms with E-state index in [-0.39, 0.29) is 34.7 Å². The van der Waals surface area contributed by atoms with Crippen LogP contribution in [0.5, 0.6) is 23.1 Å². The van der Waals surface area contributed by atoms with Gasteiger partial charge in [-0.3, -0.25) is 4.57 Å². The summed E-state index contributed by atoms with van der Waals surface area (Å²) in [7, 11) is 0. The predicted octanol–water partition coefficient (Wildman–Crippen LogP) is 5.96. The summed E-state index contributed by atoms with van der Waals surface area (Å²) >= 11 is 0. The first-order chi connectivity index (χ1) is 18.4. The second kappa shape index (κ2) is 11.1. The van der Waals surface area contributed by atoms with E-state index >= 15 is 0 Å². The first kappa shape index (κ1) is 28.1. The highest BCUT2D eigenvalue weighted by Crippen LogP contribution is 2.48. The number of aromatic nitrogens is 1. The van der Waals surface area contributed by atoms with Crippen molar-refractivity contribution in [3.8, 4) is 23.1 Å². The summed E-state index contributed by atoms with van der Waals surface area (Å²) in [5.74, 6) is -1.74. The highest BCUT2D eigenvalue weighted by molar-refractivity contribution is 5.96. The maximum Gasteiger partial charge on any atom is 0.331 e. The lowest BCUT2D eigenvalue weighted by atomic mass is 9.84. The molecule has 0 amide bonds. The highest BCUT2D eigenvalue weighted by Gasteiger charge is 2.42. The van der Waals surface area contributed by atoms with Crippen LogP contribution in [0.15, 0.2) is 59.8 Å². The zero-order valence-electron chi connectivity index (χ0n) is 22.8. The lowest BCUT2D eigenvalue weighted by Crippen LogP contribution is -2.48. The summed E-state index contributed by atoms with van der Waals surface area (Å²) < 4.78 is 7.53. The van der Waals surface area contributed by atoms with Crippen LogP contribution in [0.3, 0.4) is 0 Å². The van der Waals surface area contributed by atoms with Gasteiger partial charge in [0, 0.05) is 29.1 Å². The van der Waals surface area contributed by atoms with Crippen molar-refractivity contribution < 1.29 is 35.1 Å². The van der Waals surface area contributed by atoms with Gasteiger partial charge < -0.3 is 30.3 Å². The van der Waals surface area contributed by atoms with Gasteiger partial charge in [-0.25, -0.2) is 4.79 Å². The lowest BCUT2D eigenvalue weighted by Gasteiger charge is -2.40. The number of benzene rings is 2. The molecule has 4 rings (SSSR count). The van der Waals surface area contributed by atoms with E-state index in [1.54, 1.807) is 12.1 Å². The number of aliphatic hydroxyl groups is 1. The standard InChI is InChI=1S/C31H37NO7/c1-18(2)9-7-10-19(3)11-8-14-31(4)26(35)16-22-25(34)15-21-23(28(22)39-31)17-32(29(21)36)27(30(37)38)20-12-5-6-13-24(20)33/h5-6,9,11-13,15,17,26-27,33-36H,7-8,10,14,16H2,1-4H3,(H,37,38). The number of phenols is 2. The Labute approximate surface area is 228 Å². The minimum absolute atomic E-state index is 0.103. The van der Waals surface area contributed by atoms with E-state index in [1.807, 2.05) is 6.92 Å². The third-order valence-corrected chi connectivity index (χ3v) is 7.56. The van der Waals surface area contributed by atoms with Gasteiger partial charge in [-0.05, 0) is 65.5 Å². The topological polar surface area (TPSA) is 132 Å². The third kappa shape index (κ3) is 5.61. The fourth-order valence-electron chi connectivity index (χ4n) is 5.21. The Morgan fingerprint density at radius 1 is 1.10 bits per heavy atom. The molecule has 0 saturated carbocycles. The number of aliphatic hydroxyl groups excluding tert-OH is 1. The summed E-state index contributed by atoms with van der Waals surface area (Å²) in [5, 5.41) is 53.8. The molecule has 208 valence electrons. The second-order valence-corrected chi connectivity index (χ2v) is 10.9. The third-order valence-electron chi connectivity index (χ3n) is 7.56. The number of nitrogens with zero attached hydrogens (tertiary/aromatic N) is 1. The SMILES string of the molecule is CC(C)=CCCC(C)=CCCC1(C)Oc2c(c(O)cc3c(O)n(C(C(=O)O)c4ccccc4O)cc23)CC1O. The van der Waals surface area contributed by atoms with Crippen molar-refractivity contribution >= 4 is 16.7 Å². The molecule has 2 aromatic carbocycles. The Morgan fingerprint density at radius 3 is 2.49 bits per heavy atom. The van der Waals surface area contributed by atoms with Crippen LogP contribution in [0.2, 0.25) is 0 Å². The van der Waals surface area contributed by atoms with Crippen LogP contribution >= 0.6 is 0 Å². The number of aliphatic carboxylic acids is 1. The van der Waals surface area contributed by atoms with E-state index in [9.17, 15) is 30.3 Å². The largest absolute Gasteiger partial charge is 0.508 e. The number of carboxylic acids is 1. The predicted molar refractivity (Wildman–Crippen MR) is 150 cm³/mol. The van der Waals surface area contributed by atoms with Gasteiger partial charge in [0.25, 0.3) is 0 Å². The van der Waals surface area contributed by atoms with Crippen molar-refractivity contribution in [1.29, 1.82) is 0 Å². The van der Waals surface area contributed by atoms with Gasteiger partial charge in [-0.1, -0.05) is 41.5 Å². The maximum absolute atomic E-state index is 12.3. The van der Waals surface area contributed by atoms with Gasteiger partial charge in [0.2, 0.25) is 0 Å². The Hall–Kier alpha value is -3.91. The number of aromatic hydroxyl groups is 3. The molecule has 1 aliphatic rings. The number of allylic oxidation sites excluding steroid dienone is 4. The smallest absolute Gasteiger partial charge is 0.331 e. The highest BCUT2D eigenvalue weighted by atomic mass is 16.5. The molecular formula is C31H37NO7. The second-order valence-electron chi connectivity index (χ2n) is 10.9. The Bertz CT molecular complexity index is 1450. The van der Waals surface area contributed by atoms with Crippen LogP contribution in [0.25, 0.3) is 10.8 Å². The summed E-state index contributed by atoms with van der Waals surface area (Å²) in [6.07, 6.45) is 8.22. The fraction of sp³-hybridized carbons (Fsp3) is 0.387. The van der Waals surface area contributed by atoms with Crippen molar-refractivity contribution in [2.24, 2.45) is 0 Å². The van der Waals surface area contributed by atoms with Gasteiger partial charge >= 0.3 is 5.97 Å². The average Bonchev–Trinajstić information content (AvgIpc) is 3.17. The van der Waals surface area contributed by atoms with Gasteiger partial charge in [-0.2, -0.15) is 0 Å². The van der Waals surface area contributed by atoms with Crippen LogP contribution in [0.4, 0.5) is 0 Å². The number of carbonyl (C=O) groups is 1. The van der Waals surface area contributed by atoms with E-state index in [2.05, 4.69) is 32.9 Å². The molecule has 0 fully saturated rings. The summed E-state index contributed by atoms with van der Waals surface area (Å²) in [6, 6.07) is 5.97. The summed E-state index contributed by atoms with van der Waals surface area (Å²) in [5.41, 5.74) is 2.08. The number of ether oxygens (including phenoxy) is 1. The molecule has 0 aliphatic carbocycles. The average molecular weight is 536 g/mol. The van der Waals surface area contributed by atoms with E-state index in [1.165, 1.54) is 35.5 Å². The lowest BCUT2D eigenvalue weighted by molar-refractivity contribution is -0.139. The number of carboxylic acid groups (broad SMARTS) is 1. The van der Waals surface area contributed by atoms with E-state index in [4.69, 9.17) is 4.74 Å². The van der Waals surface area contributed by atoms with Gasteiger partial charge in [0.05, 0.1) is 11.5 Å². The van der Waals surface area contributed by atoms with Crippen LogP contribution in [-0.2, 0) is 11.2 Å². The molecule has 0 saturated heterocycles. The van der Waals surface area contributed by atoms with Gasteiger partial charge in [0.15, 0.2) is 11.9 Å². The molecular weight excluding hydrogens is 498 g/mol. The number of fused-ring (bicyclic) bond motifs is 3. The van der Waals surface area contributed by atoms with Gasteiger partial charge in [-0.15, -0.1) is 0 Å². The molecule has 8 nitrogen and oxygen atoms in total. The van der Waals surface area contributed by atoms with Crippen molar-refractivity contribution in [3.05, 3.63) is 71.0 Å². The first-order valence-corrected chi connectivity index (χ1v) is 13.2. The Kier molecular flexibility index (Phi) is 7.97. The number of phenolic OH excluding ortho intramolecular Hbond substituents is 2. The summed E-state index contributed by atoms with van der Waals surface area (Å²) in [6.45, 7) is 8.07. The Balaban J connectivity index is 1.69. The minimum Gasteiger partial charge on any atom is -0.508 e. The Morgan fingerprint density at radius 2 is 1.82 bits per heavy atom. The molecule has 1 aliphatic heterocycles. The van der Waals surface area contributed by atoms with Crippen molar-refractivity contribution in [2.75, 3.05) is 0 Å². The molecule has 0 bridgehead atoms. The molecule has 3 unspecified atom stereocenters.